The number of aryl methyl sites for hydroxylation is 1. The zero-order valence-electron chi connectivity index (χ0n) is 11.7. The number of nitrogens with zero attached hydrogens (tertiary/aromatic N) is 2. The van der Waals surface area contributed by atoms with Crippen molar-refractivity contribution >= 4 is 27.5 Å². The monoisotopic (exact) mass is 357 g/mol. The summed E-state index contributed by atoms with van der Waals surface area (Å²) in [5.74, 6) is -0.187. The Kier molecular flexibility index (Phi) is 4.02. The predicted octanol–water partition coefficient (Wildman–Crippen LogP) is 4.06. The Balaban J connectivity index is 1.76. The van der Waals surface area contributed by atoms with Gasteiger partial charge in [0, 0.05) is 15.7 Å². The topological polar surface area (TPSA) is 68.0 Å². The minimum atomic E-state index is -0.437. The van der Waals surface area contributed by atoms with Crippen LogP contribution >= 0.6 is 15.9 Å². The molecule has 0 aliphatic carbocycles. The Morgan fingerprint density at radius 2 is 1.73 bits per heavy atom. The Labute approximate surface area is 135 Å². The normalized spacial score (nSPS) is 10.5. The Bertz CT molecular complexity index is 795. The summed E-state index contributed by atoms with van der Waals surface area (Å²) >= 11 is 3.34. The van der Waals surface area contributed by atoms with E-state index >= 15 is 0 Å². The van der Waals surface area contributed by atoms with Crippen LogP contribution in [0.2, 0.25) is 0 Å². The van der Waals surface area contributed by atoms with E-state index in [9.17, 15) is 4.79 Å². The molecule has 22 heavy (non-hydrogen) atoms. The number of benzene rings is 2. The second-order valence-corrected chi connectivity index (χ2v) is 5.66. The number of carbonyl (C=O) groups is 1. The molecular formula is C16H12BrN3O2. The van der Waals surface area contributed by atoms with Crippen molar-refractivity contribution in [1.29, 1.82) is 0 Å². The van der Waals surface area contributed by atoms with Crippen molar-refractivity contribution in [2.45, 2.75) is 6.92 Å². The highest BCUT2D eigenvalue weighted by atomic mass is 79.9. The van der Waals surface area contributed by atoms with E-state index in [1.54, 1.807) is 12.1 Å². The Morgan fingerprint density at radius 1 is 1.05 bits per heavy atom. The van der Waals surface area contributed by atoms with E-state index in [1.165, 1.54) is 0 Å². The van der Waals surface area contributed by atoms with Crippen molar-refractivity contribution < 1.29 is 9.21 Å². The van der Waals surface area contributed by atoms with Crippen LogP contribution < -0.4 is 5.32 Å². The number of hydrogen-bond donors (Lipinski definition) is 1. The standard InChI is InChI=1S/C16H12BrN3O2/c1-10-2-4-11(5-3-10)15-19-20-16(22-15)14(21)18-13-8-6-12(17)7-9-13/h2-9H,1H3,(H,18,21). The zero-order chi connectivity index (χ0) is 15.5. The van der Waals surface area contributed by atoms with Gasteiger partial charge in [-0.05, 0) is 43.3 Å². The van der Waals surface area contributed by atoms with Crippen molar-refractivity contribution in [3.63, 3.8) is 0 Å². The molecule has 0 fully saturated rings. The quantitative estimate of drug-likeness (QED) is 0.767. The third kappa shape index (κ3) is 3.23. The summed E-state index contributed by atoms with van der Waals surface area (Å²) in [6.07, 6.45) is 0. The summed E-state index contributed by atoms with van der Waals surface area (Å²) in [6, 6.07) is 14.9. The van der Waals surface area contributed by atoms with Crippen molar-refractivity contribution in [3.8, 4) is 11.5 Å². The number of anilines is 1. The molecule has 0 aliphatic rings. The van der Waals surface area contributed by atoms with Crippen molar-refractivity contribution in [1.82, 2.24) is 10.2 Å². The van der Waals surface area contributed by atoms with Gasteiger partial charge in [-0.15, -0.1) is 10.2 Å². The smallest absolute Gasteiger partial charge is 0.313 e. The lowest BCUT2D eigenvalue weighted by molar-refractivity contribution is 0.0991. The van der Waals surface area contributed by atoms with Gasteiger partial charge < -0.3 is 9.73 Å². The third-order valence-electron chi connectivity index (χ3n) is 3.02. The van der Waals surface area contributed by atoms with Crippen LogP contribution in [0, 0.1) is 6.92 Å². The van der Waals surface area contributed by atoms with Crippen molar-refractivity contribution in [3.05, 3.63) is 64.5 Å². The van der Waals surface area contributed by atoms with Gasteiger partial charge in [0.25, 0.3) is 0 Å². The molecule has 3 rings (SSSR count). The molecule has 6 heteroatoms. The van der Waals surface area contributed by atoms with Crippen LogP contribution in [-0.2, 0) is 0 Å². The van der Waals surface area contributed by atoms with Crippen LogP contribution in [0.5, 0.6) is 0 Å². The number of rotatable bonds is 3. The lowest BCUT2D eigenvalue weighted by Crippen LogP contribution is -2.12. The van der Waals surface area contributed by atoms with Crippen molar-refractivity contribution in [2.75, 3.05) is 5.32 Å². The first-order chi connectivity index (χ1) is 10.6. The number of halogens is 1. The SMILES string of the molecule is Cc1ccc(-c2nnc(C(=O)Nc3ccc(Br)cc3)o2)cc1. The first-order valence-corrected chi connectivity index (χ1v) is 7.38. The van der Waals surface area contributed by atoms with Gasteiger partial charge in [-0.2, -0.15) is 0 Å². The van der Waals surface area contributed by atoms with Crippen LogP contribution in [-0.4, -0.2) is 16.1 Å². The summed E-state index contributed by atoms with van der Waals surface area (Å²) in [5.41, 5.74) is 2.57. The highest BCUT2D eigenvalue weighted by Crippen LogP contribution is 2.19. The summed E-state index contributed by atoms with van der Waals surface area (Å²) in [7, 11) is 0. The van der Waals surface area contributed by atoms with E-state index in [0.29, 0.717) is 11.6 Å². The molecule has 0 radical (unpaired) electrons. The molecule has 2 aromatic carbocycles. The molecule has 0 saturated carbocycles. The number of carbonyl (C=O) groups excluding carboxylic acids is 1. The number of aromatic nitrogens is 2. The molecule has 5 nitrogen and oxygen atoms in total. The Morgan fingerprint density at radius 3 is 2.41 bits per heavy atom. The second-order valence-electron chi connectivity index (χ2n) is 4.74. The summed E-state index contributed by atoms with van der Waals surface area (Å²) in [4.78, 5) is 12.1. The first kappa shape index (κ1) is 14.5. The molecule has 0 saturated heterocycles. The van der Waals surface area contributed by atoms with Gasteiger partial charge in [0.2, 0.25) is 5.89 Å². The van der Waals surface area contributed by atoms with Crippen LogP contribution in [0.15, 0.2) is 57.4 Å². The molecule has 3 aromatic rings. The average Bonchev–Trinajstić information content (AvgIpc) is 3.00. The van der Waals surface area contributed by atoms with E-state index in [1.807, 2.05) is 43.3 Å². The summed E-state index contributed by atoms with van der Waals surface area (Å²) in [6.45, 7) is 1.99. The summed E-state index contributed by atoms with van der Waals surface area (Å²) in [5, 5.41) is 10.4. The van der Waals surface area contributed by atoms with Crippen molar-refractivity contribution in [2.24, 2.45) is 0 Å². The molecular weight excluding hydrogens is 346 g/mol. The van der Waals surface area contributed by atoms with Gasteiger partial charge in [0.1, 0.15) is 0 Å². The van der Waals surface area contributed by atoms with Crippen LogP contribution in [0.25, 0.3) is 11.5 Å². The maximum Gasteiger partial charge on any atom is 0.313 e. The van der Waals surface area contributed by atoms with Gasteiger partial charge in [-0.3, -0.25) is 4.79 Å². The van der Waals surface area contributed by atoms with Gasteiger partial charge in [-0.25, -0.2) is 0 Å². The zero-order valence-corrected chi connectivity index (χ0v) is 13.3. The molecule has 0 unspecified atom stereocenters. The molecule has 0 spiro atoms. The predicted molar refractivity (Wildman–Crippen MR) is 86.6 cm³/mol. The lowest BCUT2D eigenvalue weighted by Gasteiger charge is -2.01. The number of amides is 1. The van der Waals surface area contributed by atoms with Gasteiger partial charge in [0.05, 0.1) is 0 Å². The van der Waals surface area contributed by atoms with Crippen LogP contribution in [0.1, 0.15) is 16.2 Å². The minimum absolute atomic E-state index is 0.0708. The van der Waals surface area contributed by atoms with E-state index in [2.05, 4.69) is 31.4 Å². The molecule has 1 amide bonds. The highest BCUT2D eigenvalue weighted by molar-refractivity contribution is 9.10. The van der Waals surface area contributed by atoms with Crippen LogP contribution in [0.4, 0.5) is 5.69 Å². The molecule has 0 bridgehead atoms. The number of hydrogen-bond acceptors (Lipinski definition) is 4. The second kappa shape index (κ2) is 6.11. The molecule has 110 valence electrons. The van der Waals surface area contributed by atoms with Gasteiger partial charge in [-0.1, -0.05) is 33.6 Å². The maximum atomic E-state index is 12.1. The largest absolute Gasteiger partial charge is 0.412 e. The molecule has 0 atom stereocenters. The minimum Gasteiger partial charge on any atom is -0.412 e. The fourth-order valence-electron chi connectivity index (χ4n) is 1.85. The van der Waals surface area contributed by atoms with Crippen LogP contribution in [0.3, 0.4) is 0 Å². The molecule has 1 N–H and O–H groups in total. The fourth-order valence-corrected chi connectivity index (χ4v) is 2.11. The Hall–Kier alpha value is -2.47. The lowest BCUT2D eigenvalue weighted by atomic mass is 10.1. The maximum absolute atomic E-state index is 12.1. The number of nitrogens with one attached hydrogen (secondary N) is 1. The van der Waals surface area contributed by atoms with E-state index < -0.39 is 5.91 Å². The van der Waals surface area contributed by atoms with Gasteiger partial charge >= 0.3 is 11.8 Å². The average molecular weight is 358 g/mol. The molecule has 1 heterocycles. The van der Waals surface area contributed by atoms with E-state index in [-0.39, 0.29) is 5.89 Å². The highest BCUT2D eigenvalue weighted by Gasteiger charge is 2.16. The first-order valence-electron chi connectivity index (χ1n) is 6.59. The van der Waals surface area contributed by atoms with E-state index in [4.69, 9.17) is 4.42 Å². The molecule has 0 aliphatic heterocycles. The van der Waals surface area contributed by atoms with Gasteiger partial charge in [0.15, 0.2) is 0 Å². The fraction of sp³-hybridized carbons (Fsp3) is 0.0625. The summed E-state index contributed by atoms with van der Waals surface area (Å²) < 4.78 is 6.36. The molecule has 1 aromatic heterocycles. The van der Waals surface area contributed by atoms with E-state index in [0.717, 1.165) is 15.6 Å². The third-order valence-corrected chi connectivity index (χ3v) is 3.55.